The number of carbonyl (C=O) groups is 1. The number of nitriles is 1. The molecule has 0 spiro atoms. The van der Waals surface area contributed by atoms with Crippen molar-refractivity contribution in [3.05, 3.63) is 65.1 Å². The van der Waals surface area contributed by atoms with E-state index in [-0.39, 0.29) is 17.4 Å². The van der Waals surface area contributed by atoms with E-state index >= 15 is 0 Å². The first-order chi connectivity index (χ1) is 17.5. The predicted molar refractivity (Wildman–Crippen MR) is 145 cm³/mol. The third-order valence-electron chi connectivity index (χ3n) is 6.37. The van der Waals surface area contributed by atoms with Crippen LogP contribution in [0.25, 0.3) is 0 Å². The summed E-state index contributed by atoms with van der Waals surface area (Å²) in [5.41, 5.74) is 4.33. The highest BCUT2D eigenvalue weighted by Crippen LogP contribution is 2.32. The molecule has 4 rings (SSSR count). The first kappa shape index (κ1) is 26.0. The Morgan fingerprint density at radius 3 is 2.62 bits per heavy atom. The lowest BCUT2D eigenvalue weighted by Crippen LogP contribution is -2.38. The number of anilines is 4. The van der Waals surface area contributed by atoms with Crippen molar-refractivity contribution in [1.82, 2.24) is 25.6 Å². The summed E-state index contributed by atoms with van der Waals surface area (Å²) in [6.45, 7) is 13.6. The Labute approximate surface area is 218 Å². The fourth-order valence-corrected chi connectivity index (χ4v) is 4.30. The molecule has 1 aliphatic rings. The van der Waals surface area contributed by atoms with Crippen molar-refractivity contribution in [3.63, 3.8) is 0 Å². The van der Waals surface area contributed by atoms with E-state index in [0.717, 1.165) is 18.8 Å². The molecule has 1 aliphatic heterocycles. The Balaban J connectivity index is 1.67. The highest BCUT2D eigenvalue weighted by molar-refractivity contribution is 5.99. The van der Waals surface area contributed by atoms with Crippen LogP contribution in [-0.4, -0.2) is 33.4 Å². The molecule has 0 aliphatic carbocycles. The minimum atomic E-state index is -0.760. The SMILES string of the molecule is CC(C)NC(=O)c1cnc(Nc2ccc3c(c2)CNCC3(C)C)nc1Nc1ccnc(C(C)(C)C#N)c1. The van der Waals surface area contributed by atoms with Crippen LogP contribution in [0.4, 0.5) is 23.1 Å². The first-order valence-electron chi connectivity index (χ1n) is 12.4. The van der Waals surface area contributed by atoms with E-state index in [2.05, 4.69) is 68.3 Å². The summed E-state index contributed by atoms with van der Waals surface area (Å²) in [7, 11) is 0. The molecule has 1 aromatic carbocycles. The lowest BCUT2D eigenvalue weighted by atomic mass is 9.79. The molecule has 3 aromatic rings. The van der Waals surface area contributed by atoms with Crippen LogP contribution >= 0.6 is 0 Å². The van der Waals surface area contributed by atoms with Gasteiger partial charge in [0.1, 0.15) is 11.4 Å². The molecule has 3 heterocycles. The summed E-state index contributed by atoms with van der Waals surface area (Å²) in [5.74, 6) is 0.430. The number of aromatic nitrogens is 3. The molecule has 1 amide bonds. The van der Waals surface area contributed by atoms with Crippen LogP contribution in [0.3, 0.4) is 0 Å². The standard InChI is InChI=1S/C28H34N8O/c1-17(2)33-25(37)21-14-32-26(35-19-7-8-22-18(11-19)13-30-16-28(22,5)6)36-24(21)34-20-9-10-31-23(12-20)27(3,4)15-29/h7-12,14,17,30H,13,16H2,1-6H3,(H,33,37)(H2,31,32,34,35,36). The van der Waals surface area contributed by atoms with E-state index in [1.165, 1.54) is 17.3 Å². The number of carbonyl (C=O) groups excluding carboxylic acids is 1. The van der Waals surface area contributed by atoms with Crippen LogP contribution in [0, 0.1) is 11.3 Å². The number of nitrogens with zero attached hydrogens (tertiary/aromatic N) is 4. The maximum absolute atomic E-state index is 12.9. The van der Waals surface area contributed by atoms with Gasteiger partial charge in [-0.3, -0.25) is 9.78 Å². The summed E-state index contributed by atoms with van der Waals surface area (Å²) >= 11 is 0. The van der Waals surface area contributed by atoms with Crippen molar-refractivity contribution in [2.75, 3.05) is 17.2 Å². The molecule has 0 bridgehead atoms. The Bertz CT molecular complexity index is 1360. The van der Waals surface area contributed by atoms with E-state index in [1.807, 2.05) is 33.8 Å². The van der Waals surface area contributed by atoms with Gasteiger partial charge in [0.2, 0.25) is 5.95 Å². The Morgan fingerprint density at radius 1 is 1.14 bits per heavy atom. The highest BCUT2D eigenvalue weighted by Gasteiger charge is 2.27. The van der Waals surface area contributed by atoms with Crippen LogP contribution < -0.4 is 21.3 Å². The lowest BCUT2D eigenvalue weighted by Gasteiger charge is -2.33. The van der Waals surface area contributed by atoms with E-state index in [4.69, 9.17) is 0 Å². The predicted octanol–water partition coefficient (Wildman–Crippen LogP) is 4.68. The second kappa shape index (κ2) is 10.1. The van der Waals surface area contributed by atoms with E-state index in [1.54, 1.807) is 18.3 Å². The number of nitrogens with one attached hydrogen (secondary N) is 4. The van der Waals surface area contributed by atoms with Gasteiger partial charge in [0.15, 0.2) is 0 Å². The molecular formula is C28H34N8O. The van der Waals surface area contributed by atoms with Gasteiger partial charge in [0.25, 0.3) is 5.91 Å². The summed E-state index contributed by atoms with van der Waals surface area (Å²) < 4.78 is 0. The molecule has 0 saturated carbocycles. The lowest BCUT2D eigenvalue weighted by molar-refractivity contribution is 0.0943. The summed E-state index contributed by atoms with van der Waals surface area (Å²) in [4.78, 5) is 26.3. The van der Waals surface area contributed by atoms with Gasteiger partial charge in [-0.05, 0) is 63.1 Å². The maximum atomic E-state index is 12.9. The van der Waals surface area contributed by atoms with Gasteiger partial charge < -0.3 is 21.3 Å². The highest BCUT2D eigenvalue weighted by atomic mass is 16.1. The third kappa shape index (κ3) is 5.87. The number of rotatable bonds is 7. The molecule has 0 saturated heterocycles. The number of fused-ring (bicyclic) bond motifs is 1. The van der Waals surface area contributed by atoms with Crippen molar-refractivity contribution in [2.24, 2.45) is 0 Å². The van der Waals surface area contributed by atoms with Gasteiger partial charge >= 0.3 is 0 Å². The molecule has 2 aromatic heterocycles. The number of pyridine rings is 1. The quantitative estimate of drug-likeness (QED) is 0.370. The van der Waals surface area contributed by atoms with Gasteiger partial charge in [-0.15, -0.1) is 0 Å². The molecule has 0 unspecified atom stereocenters. The van der Waals surface area contributed by atoms with Crippen LogP contribution in [-0.2, 0) is 17.4 Å². The molecule has 0 atom stereocenters. The third-order valence-corrected chi connectivity index (χ3v) is 6.37. The Hall–Kier alpha value is -4.03. The molecule has 37 heavy (non-hydrogen) atoms. The smallest absolute Gasteiger partial charge is 0.256 e. The van der Waals surface area contributed by atoms with Crippen LogP contribution in [0.1, 0.15) is 68.7 Å². The number of hydrogen-bond donors (Lipinski definition) is 4. The van der Waals surface area contributed by atoms with Crippen molar-refractivity contribution in [3.8, 4) is 6.07 Å². The molecule has 192 valence electrons. The number of hydrogen-bond acceptors (Lipinski definition) is 8. The van der Waals surface area contributed by atoms with Crippen LogP contribution in [0.5, 0.6) is 0 Å². The van der Waals surface area contributed by atoms with Gasteiger partial charge in [-0.25, -0.2) is 4.98 Å². The van der Waals surface area contributed by atoms with Gasteiger partial charge in [-0.1, -0.05) is 19.9 Å². The fourth-order valence-electron chi connectivity index (χ4n) is 4.30. The molecular weight excluding hydrogens is 464 g/mol. The zero-order valence-electron chi connectivity index (χ0n) is 22.2. The molecule has 4 N–H and O–H groups in total. The Kier molecular flexibility index (Phi) is 7.14. The summed E-state index contributed by atoms with van der Waals surface area (Å²) in [5, 5.41) is 22.4. The van der Waals surface area contributed by atoms with Gasteiger partial charge in [0, 0.05) is 48.3 Å². The zero-order chi connectivity index (χ0) is 26.8. The molecule has 0 fully saturated rings. The Morgan fingerprint density at radius 2 is 1.89 bits per heavy atom. The summed E-state index contributed by atoms with van der Waals surface area (Å²) in [6, 6.07) is 12.1. The van der Waals surface area contributed by atoms with Gasteiger partial charge in [0.05, 0.1) is 17.2 Å². The average molecular weight is 499 g/mol. The summed E-state index contributed by atoms with van der Waals surface area (Å²) in [6.07, 6.45) is 3.15. The van der Waals surface area contributed by atoms with E-state index < -0.39 is 5.41 Å². The van der Waals surface area contributed by atoms with Crippen molar-refractivity contribution in [2.45, 2.75) is 65.0 Å². The maximum Gasteiger partial charge on any atom is 0.256 e. The zero-order valence-corrected chi connectivity index (χ0v) is 22.2. The van der Waals surface area contributed by atoms with Crippen LogP contribution in [0.15, 0.2) is 42.7 Å². The average Bonchev–Trinajstić information content (AvgIpc) is 2.83. The normalized spacial score (nSPS) is 14.4. The molecule has 9 heteroatoms. The minimum absolute atomic E-state index is 0.0459. The van der Waals surface area contributed by atoms with Crippen molar-refractivity contribution in [1.29, 1.82) is 5.26 Å². The molecule has 0 radical (unpaired) electrons. The van der Waals surface area contributed by atoms with Crippen molar-refractivity contribution < 1.29 is 4.79 Å². The fraction of sp³-hybridized carbons (Fsp3) is 0.393. The number of amides is 1. The second-order valence-electron chi connectivity index (χ2n) is 10.9. The van der Waals surface area contributed by atoms with E-state index in [0.29, 0.717) is 28.7 Å². The minimum Gasteiger partial charge on any atom is -0.350 e. The van der Waals surface area contributed by atoms with Gasteiger partial charge in [-0.2, -0.15) is 10.2 Å². The monoisotopic (exact) mass is 498 g/mol. The van der Waals surface area contributed by atoms with E-state index in [9.17, 15) is 10.1 Å². The second-order valence-corrected chi connectivity index (χ2v) is 10.9. The number of benzene rings is 1. The largest absolute Gasteiger partial charge is 0.350 e. The van der Waals surface area contributed by atoms with Crippen LogP contribution in [0.2, 0.25) is 0 Å². The van der Waals surface area contributed by atoms with Crippen molar-refractivity contribution >= 4 is 29.0 Å². The topological polar surface area (TPSA) is 128 Å². The molecule has 9 nitrogen and oxygen atoms in total. The first-order valence-corrected chi connectivity index (χ1v) is 12.4.